The second-order valence-corrected chi connectivity index (χ2v) is 8.85. The summed E-state index contributed by atoms with van der Waals surface area (Å²) in [5.41, 5.74) is 4.71. The van der Waals surface area contributed by atoms with Crippen molar-refractivity contribution in [3.8, 4) is 22.5 Å². The number of para-hydroxylation sites is 1. The van der Waals surface area contributed by atoms with Crippen LogP contribution in [0.4, 0.5) is 4.79 Å². The Hall–Kier alpha value is -3.23. The number of carbonyl (C=O) groups excluding carboxylic acids is 1. The lowest BCUT2D eigenvalue weighted by atomic mass is 10.0. The van der Waals surface area contributed by atoms with Gasteiger partial charge in [-0.05, 0) is 56.7 Å². The van der Waals surface area contributed by atoms with Crippen molar-refractivity contribution in [3.63, 3.8) is 0 Å². The number of benzene rings is 2. The zero-order valence-electron chi connectivity index (χ0n) is 19.4. The average molecular weight is 491 g/mol. The van der Waals surface area contributed by atoms with E-state index in [2.05, 4.69) is 46.5 Å². The number of ether oxygens (including phenoxy) is 1. The number of thiol groups is 2. The highest BCUT2D eigenvalue weighted by Crippen LogP contribution is 2.34. The maximum atomic E-state index is 13.2. The number of pyridine rings is 1. The molecule has 6 nitrogen and oxygen atoms in total. The van der Waals surface area contributed by atoms with Crippen molar-refractivity contribution in [1.82, 2.24) is 19.3 Å². The van der Waals surface area contributed by atoms with E-state index in [-0.39, 0.29) is 0 Å². The van der Waals surface area contributed by atoms with E-state index < -0.39 is 11.7 Å². The monoisotopic (exact) mass is 490 g/mol. The van der Waals surface area contributed by atoms with Crippen LogP contribution in [0, 0.1) is 0 Å². The largest absolute Gasteiger partial charge is 0.443 e. The summed E-state index contributed by atoms with van der Waals surface area (Å²) in [5, 5.41) is 6.73. The van der Waals surface area contributed by atoms with E-state index in [4.69, 9.17) is 9.84 Å². The van der Waals surface area contributed by atoms with Crippen molar-refractivity contribution >= 4 is 51.2 Å². The molecule has 0 N–H and O–H groups in total. The van der Waals surface area contributed by atoms with Crippen LogP contribution in [0.15, 0.2) is 73.1 Å². The fraction of sp³-hybridized carbons (Fsp3) is 0.192. The molecule has 0 atom stereocenters. The van der Waals surface area contributed by atoms with Crippen LogP contribution in [0.2, 0.25) is 0 Å². The molecule has 0 aliphatic carbocycles. The third-order valence-corrected chi connectivity index (χ3v) is 5.38. The molecule has 174 valence electrons. The Balaban J connectivity index is 0.00000133. The molecule has 5 rings (SSSR count). The zero-order valence-corrected chi connectivity index (χ0v) is 21.2. The number of nitrogens with zero attached hydrogens (tertiary/aromatic N) is 4. The van der Waals surface area contributed by atoms with E-state index in [1.165, 1.54) is 0 Å². The normalized spacial score (nSPS) is 11.4. The van der Waals surface area contributed by atoms with Gasteiger partial charge in [0.25, 0.3) is 0 Å². The van der Waals surface area contributed by atoms with E-state index >= 15 is 0 Å². The summed E-state index contributed by atoms with van der Waals surface area (Å²) in [6, 6.07) is 20.0. The lowest BCUT2D eigenvalue weighted by molar-refractivity contribution is 0.0547. The first kappa shape index (κ1) is 23.9. The summed E-state index contributed by atoms with van der Waals surface area (Å²) >= 11 is 6.44. The van der Waals surface area contributed by atoms with E-state index in [1.54, 1.807) is 10.8 Å². The van der Waals surface area contributed by atoms with Gasteiger partial charge < -0.3 is 4.74 Å². The third-order valence-electron chi connectivity index (χ3n) is 5.38. The van der Waals surface area contributed by atoms with Gasteiger partial charge in [0.2, 0.25) is 0 Å². The van der Waals surface area contributed by atoms with Crippen LogP contribution in [0.3, 0.4) is 0 Å². The van der Waals surface area contributed by atoms with Gasteiger partial charge in [0.15, 0.2) is 0 Å². The fourth-order valence-electron chi connectivity index (χ4n) is 3.99. The molecule has 5 aromatic rings. The Labute approximate surface area is 208 Å². The van der Waals surface area contributed by atoms with Crippen LogP contribution >= 0.6 is 23.3 Å². The molecule has 0 spiro atoms. The van der Waals surface area contributed by atoms with E-state index in [1.807, 2.05) is 81.2 Å². The number of carbonyl (C=O) groups is 1. The lowest BCUT2D eigenvalue weighted by Gasteiger charge is -2.20. The van der Waals surface area contributed by atoms with Crippen LogP contribution in [0.25, 0.3) is 44.3 Å². The van der Waals surface area contributed by atoms with Crippen molar-refractivity contribution in [2.24, 2.45) is 7.05 Å². The van der Waals surface area contributed by atoms with Crippen molar-refractivity contribution in [2.45, 2.75) is 26.4 Å². The predicted octanol–water partition coefficient (Wildman–Crippen LogP) is 6.80. The molecule has 0 radical (unpaired) electrons. The minimum atomic E-state index is -0.607. The predicted molar refractivity (Wildman–Crippen MR) is 144 cm³/mol. The summed E-state index contributed by atoms with van der Waals surface area (Å²) in [6.45, 7) is 5.60. The number of aryl methyl sites for hydroxylation is 1. The van der Waals surface area contributed by atoms with Gasteiger partial charge in [0.1, 0.15) is 11.3 Å². The Morgan fingerprint density at radius 1 is 0.941 bits per heavy atom. The van der Waals surface area contributed by atoms with Gasteiger partial charge in [-0.3, -0.25) is 9.67 Å². The van der Waals surface area contributed by atoms with Crippen molar-refractivity contribution in [3.05, 3.63) is 73.1 Å². The molecule has 3 aromatic heterocycles. The number of aromatic nitrogens is 4. The second-order valence-electron chi connectivity index (χ2n) is 8.85. The molecule has 0 saturated heterocycles. The Bertz CT molecular complexity index is 1470. The molecule has 2 aromatic carbocycles. The molecule has 0 aliphatic heterocycles. The minimum Gasteiger partial charge on any atom is -0.443 e. The number of rotatable bonds is 2. The number of hydrogen-bond donors (Lipinski definition) is 2. The number of fused-ring (bicyclic) bond motifs is 2. The highest BCUT2D eigenvalue weighted by atomic mass is 33.1. The first-order chi connectivity index (χ1) is 16.3. The zero-order chi connectivity index (χ0) is 24.5. The molecule has 3 heterocycles. The van der Waals surface area contributed by atoms with E-state index in [0.29, 0.717) is 5.69 Å². The molecular weight excluding hydrogens is 464 g/mol. The molecule has 0 fully saturated rings. The van der Waals surface area contributed by atoms with Crippen molar-refractivity contribution in [2.75, 3.05) is 0 Å². The van der Waals surface area contributed by atoms with Gasteiger partial charge in [-0.15, -0.1) is 23.3 Å². The SMILES string of the molecule is Cn1nc(-c2cc3ccccc3n2C(=O)OC(C)(C)C)c2ccc(-c3cccnc3)cc21.SS. The van der Waals surface area contributed by atoms with E-state index in [9.17, 15) is 4.79 Å². The summed E-state index contributed by atoms with van der Waals surface area (Å²) in [7, 11) is 1.92. The molecule has 34 heavy (non-hydrogen) atoms. The van der Waals surface area contributed by atoms with Crippen LogP contribution in [-0.4, -0.2) is 31.0 Å². The molecule has 0 unspecified atom stereocenters. The van der Waals surface area contributed by atoms with Crippen LogP contribution < -0.4 is 0 Å². The number of hydrogen-bond acceptors (Lipinski definition) is 6. The average Bonchev–Trinajstić information content (AvgIpc) is 3.37. The summed E-state index contributed by atoms with van der Waals surface area (Å²) < 4.78 is 9.20. The van der Waals surface area contributed by atoms with Gasteiger partial charge in [0.05, 0.1) is 16.7 Å². The smallest absolute Gasteiger partial charge is 0.419 e. The summed E-state index contributed by atoms with van der Waals surface area (Å²) in [4.78, 5) is 17.4. The highest BCUT2D eigenvalue weighted by Gasteiger charge is 2.25. The van der Waals surface area contributed by atoms with Gasteiger partial charge >= 0.3 is 6.09 Å². The molecule has 0 saturated carbocycles. The quantitative estimate of drug-likeness (QED) is 0.211. The third kappa shape index (κ3) is 4.56. The molecule has 0 bridgehead atoms. The van der Waals surface area contributed by atoms with Gasteiger partial charge in [-0.25, -0.2) is 9.36 Å². The Morgan fingerprint density at radius 3 is 2.41 bits per heavy atom. The Morgan fingerprint density at radius 2 is 1.71 bits per heavy atom. The van der Waals surface area contributed by atoms with Gasteiger partial charge in [0, 0.05) is 35.8 Å². The first-order valence-electron chi connectivity index (χ1n) is 10.7. The van der Waals surface area contributed by atoms with E-state index in [0.717, 1.165) is 38.6 Å². The minimum absolute atomic E-state index is 0.417. The summed E-state index contributed by atoms with van der Waals surface area (Å²) in [6.07, 6.45) is 3.19. The maximum absolute atomic E-state index is 13.2. The summed E-state index contributed by atoms with van der Waals surface area (Å²) in [5.74, 6) is 0. The highest BCUT2D eigenvalue weighted by molar-refractivity contribution is 8.59. The first-order valence-corrected chi connectivity index (χ1v) is 12.3. The molecule has 8 heteroatoms. The maximum Gasteiger partial charge on any atom is 0.419 e. The standard InChI is InChI=1S/C26H24N4O2.H2S2/c1-26(2,3)32-25(31)30-21-10-6-5-8-18(21)15-23(30)24-20-12-11-17(14-22(20)29(4)28-24)19-9-7-13-27-16-19;1-2/h5-16H,1-4H3;1-2H. The van der Waals surface area contributed by atoms with Gasteiger partial charge in [-0.1, -0.05) is 30.3 Å². The lowest BCUT2D eigenvalue weighted by Crippen LogP contribution is -2.27. The second kappa shape index (κ2) is 9.56. The van der Waals surface area contributed by atoms with Crippen LogP contribution in [0.1, 0.15) is 20.8 Å². The van der Waals surface area contributed by atoms with Crippen LogP contribution in [-0.2, 0) is 11.8 Å². The fourth-order valence-corrected chi connectivity index (χ4v) is 3.99. The van der Waals surface area contributed by atoms with Gasteiger partial charge in [-0.2, -0.15) is 5.10 Å². The molecular formula is C26H26N4O2S2. The molecule has 0 aliphatic rings. The molecule has 0 amide bonds. The Kier molecular flexibility index (Phi) is 6.72. The topological polar surface area (TPSA) is 61.9 Å². The van der Waals surface area contributed by atoms with Crippen LogP contribution in [0.5, 0.6) is 0 Å². The van der Waals surface area contributed by atoms with Crippen molar-refractivity contribution in [1.29, 1.82) is 0 Å². The van der Waals surface area contributed by atoms with Crippen molar-refractivity contribution < 1.29 is 9.53 Å².